The van der Waals surface area contributed by atoms with Gasteiger partial charge >= 0.3 is 12.1 Å². The third kappa shape index (κ3) is 3.31. The summed E-state index contributed by atoms with van der Waals surface area (Å²) in [6.07, 6.45) is -4.94. The zero-order valence-electron chi connectivity index (χ0n) is 13.1. The summed E-state index contributed by atoms with van der Waals surface area (Å²) in [4.78, 5) is 15.0. The molecule has 0 fully saturated rings. The average molecular weight is 402 g/mol. The number of alkyl halides is 3. The first-order valence-electron chi connectivity index (χ1n) is 7.53. The highest BCUT2D eigenvalue weighted by atomic mass is 35.5. The minimum absolute atomic E-state index is 0.0385. The van der Waals surface area contributed by atoms with Crippen molar-refractivity contribution >= 4 is 34.9 Å². The lowest BCUT2D eigenvalue weighted by molar-refractivity contribution is -0.183. The fourth-order valence-electron chi connectivity index (χ4n) is 3.00. The topological polar surface area (TPSA) is 49.7 Å². The van der Waals surface area contributed by atoms with E-state index in [0.717, 1.165) is 0 Å². The zero-order chi connectivity index (χ0) is 19.1. The van der Waals surface area contributed by atoms with E-state index in [1.54, 1.807) is 0 Å². The fraction of sp³-hybridized carbons (Fsp3) is 0.222. The van der Waals surface area contributed by atoms with Crippen molar-refractivity contribution in [2.45, 2.75) is 18.0 Å². The molecular formula is C18H12Cl2F3NO2. The van der Waals surface area contributed by atoms with Crippen molar-refractivity contribution < 1.29 is 23.1 Å². The molecule has 8 heteroatoms. The van der Waals surface area contributed by atoms with E-state index in [1.807, 2.05) is 0 Å². The van der Waals surface area contributed by atoms with Crippen molar-refractivity contribution in [3.63, 3.8) is 0 Å². The molecule has 0 bridgehead atoms. The van der Waals surface area contributed by atoms with Crippen molar-refractivity contribution in [1.29, 1.82) is 0 Å². The Bertz CT molecular complexity index is 874. The Balaban J connectivity index is 1.99. The Morgan fingerprint density at radius 1 is 1.08 bits per heavy atom. The van der Waals surface area contributed by atoms with Gasteiger partial charge in [0.2, 0.25) is 0 Å². The number of aliphatic imine (C=N–C) groups is 1. The van der Waals surface area contributed by atoms with E-state index in [4.69, 9.17) is 28.3 Å². The maximum atomic E-state index is 14.0. The quantitative estimate of drug-likeness (QED) is 0.749. The molecule has 0 saturated carbocycles. The van der Waals surface area contributed by atoms with Gasteiger partial charge in [-0.2, -0.15) is 13.2 Å². The lowest BCUT2D eigenvalue weighted by Crippen LogP contribution is -2.43. The fourth-order valence-corrected chi connectivity index (χ4v) is 3.53. The van der Waals surface area contributed by atoms with Crippen LogP contribution in [0.4, 0.5) is 13.2 Å². The van der Waals surface area contributed by atoms with Gasteiger partial charge in [0.1, 0.15) is 5.41 Å². The van der Waals surface area contributed by atoms with Crippen LogP contribution in [0.1, 0.15) is 27.9 Å². The molecule has 1 aliphatic heterocycles. The Morgan fingerprint density at radius 3 is 2.15 bits per heavy atom. The molecule has 1 unspecified atom stereocenters. The first kappa shape index (κ1) is 18.7. The maximum Gasteiger partial charge on any atom is 0.400 e. The number of aromatic carboxylic acids is 1. The monoisotopic (exact) mass is 401 g/mol. The van der Waals surface area contributed by atoms with E-state index < -0.39 is 24.1 Å². The molecule has 0 aromatic heterocycles. The lowest BCUT2D eigenvalue weighted by Gasteiger charge is -2.31. The van der Waals surface area contributed by atoms with Crippen LogP contribution < -0.4 is 0 Å². The predicted octanol–water partition coefficient (Wildman–Crippen LogP) is 5.38. The average Bonchev–Trinajstić information content (AvgIpc) is 3.00. The second-order valence-electron chi connectivity index (χ2n) is 6.06. The summed E-state index contributed by atoms with van der Waals surface area (Å²) >= 11 is 11.8. The smallest absolute Gasteiger partial charge is 0.400 e. The van der Waals surface area contributed by atoms with Gasteiger partial charge in [-0.05, 0) is 41.5 Å². The highest BCUT2D eigenvalue weighted by Gasteiger charge is 2.58. The van der Waals surface area contributed by atoms with Crippen LogP contribution in [0, 0.1) is 0 Å². The standard InChI is InChI=1S/C18H12Cl2F3NO2/c19-13-5-12(6-14(20)7-13)17(18(21,22)23)8-15(24-9-17)10-1-3-11(4-2-10)16(25)26/h1-7H,8-9H2,(H,25,26). The Labute approximate surface area is 157 Å². The molecule has 1 atom stereocenters. The van der Waals surface area contributed by atoms with E-state index in [2.05, 4.69) is 4.99 Å². The predicted molar refractivity (Wildman–Crippen MR) is 93.6 cm³/mol. The number of hydrogen-bond acceptors (Lipinski definition) is 2. The number of carbonyl (C=O) groups is 1. The molecule has 1 N–H and O–H groups in total. The molecule has 0 aliphatic carbocycles. The zero-order valence-corrected chi connectivity index (χ0v) is 14.7. The Hall–Kier alpha value is -2.05. The minimum Gasteiger partial charge on any atom is -0.478 e. The van der Waals surface area contributed by atoms with Gasteiger partial charge in [-0.1, -0.05) is 35.3 Å². The first-order chi connectivity index (χ1) is 12.1. The van der Waals surface area contributed by atoms with Crippen LogP contribution in [-0.2, 0) is 5.41 Å². The van der Waals surface area contributed by atoms with Gasteiger partial charge in [-0.3, -0.25) is 4.99 Å². The molecule has 2 aromatic rings. The van der Waals surface area contributed by atoms with Gasteiger partial charge in [-0.25, -0.2) is 4.79 Å². The van der Waals surface area contributed by atoms with E-state index in [9.17, 15) is 18.0 Å². The lowest BCUT2D eigenvalue weighted by atomic mass is 9.76. The van der Waals surface area contributed by atoms with Gasteiger partial charge < -0.3 is 5.11 Å². The molecule has 1 heterocycles. The van der Waals surface area contributed by atoms with Crippen molar-refractivity contribution in [3.05, 3.63) is 69.2 Å². The molecule has 26 heavy (non-hydrogen) atoms. The molecular weight excluding hydrogens is 390 g/mol. The van der Waals surface area contributed by atoms with Crippen LogP contribution in [-0.4, -0.2) is 29.5 Å². The number of rotatable bonds is 3. The maximum absolute atomic E-state index is 14.0. The second kappa shape index (κ2) is 6.59. The third-order valence-electron chi connectivity index (χ3n) is 4.43. The third-order valence-corrected chi connectivity index (χ3v) is 4.87. The first-order valence-corrected chi connectivity index (χ1v) is 8.28. The highest BCUT2D eigenvalue weighted by Crippen LogP contribution is 2.48. The van der Waals surface area contributed by atoms with Crippen LogP contribution in [0.2, 0.25) is 10.0 Å². The number of hydrogen-bond donors (Lipinski definition) is 1. The SMILES string of the molecule is O=C(O)c1ccc(C2=NCC(c3cc(Cl)cc(Cl)c3)(C(F)(F)F)C2)cc1. The van der Waals surface area contributed by atoms with Crippen LogP contribution in [0.25, 0.3) is 0 Å². The Kier molecular flexibility index (Phi) is 4.75. The number of carboxylic acids is 1. The highest BCUT2D eigenvalue weighted by molar-refractivity contribution is 6.34. The van der Waals surface area contributed by atoms with Crippen molar-refractivity contribution in [2.24, 2.45) is 4.99 Å². The van der Waals surface area contributed by atoms with E-state index in [1.165, 1.54) is 42.5 Å². The van der Waals surface area contributed by atoms with Gasteiger partial charge in [0.05, 0.1) is 12.1 Å². The van der Waals surface area contributed by atoms with E-state index in [0.29, 0.717) is 5.56 Å². The number of carboxylic acid groups (broad SMARTS) is 1. The number of nitrogens with zero attached hydrogens (tertiary/aromatic N) is 1. The van der Waals surface area contributed by atoms with Crippen molar-refractivity contribution in [3.8, 4) is 0 Å². The minimum atomic E-state index is -4.56. The molecule has 136 valence electrons. The van der Waals surface area contributed by atoms with Crippen LogP contribution in [0.15, 0.2) is 47.5 Å². The second-order valence-corrected chi connectivity index (χ2v) is 6.93. The molecule has 1 aliphatic rings. The van der Waals surface area contributed by atoms with Crippen LogP contribution in [0.5, 0.6) is 0 Å². The summed E-state index contributed by atoms with van der Waals surface area (Å²) in [6, 6.07) is 9.48. The molecule has 0 saturated heterocycles. The summed E-state index contributed by atoms with van der Waals surface area (Å²) in [5, 5.41) is 9.17. The normalized spacial score (nSPS) is 20.1. The summed E-state index contributed by atoms with van der Waals surface area (Å²) in [5.41, 5.74) is -1.49. The Morgan fingerprint density at radius 2 is 1.65 bits per heavy atom. The molecule has 0 radical (unpaired) electrons. The van der Waals surface area contributed by atoms with Crippen LogP contribution >= 0.6 is 23.2 Å². The summed E-state index contributed by atoms with van der Waals surface area (Å²) in [5.74, 6) is -1.11. The van der Waals surface area contributed by atoms with Crippen LogP contribution in [0.3, 0.4) is 0 Å². The van der Waals surface area contributed by atoms with Gasteiger partial charge in [-0.15, -0.1) is 0 Å². The van der Waals surface area contributed by atoms with E-state index in [-0.39, 0.29) is 33.3 Å². The molecule has 3 rings (SSSR count). The van der Waals surface area contributed by atoms with Gasteiger partial charge in [0.15, 0.2) is 0 Å². The number of halogens is 5. The largest absolute Gasteiger partial charge is 0.478 e. The molecule has 3 nitrogen and oxygen atoms in total. The van der Waals surface area contributed by atoms with Gasteiger partial charge in [0.25, 0.3) is 0 Å². The van der Waals surface area contributed by atoms with Crippen molar-refractivity contribution in [1.82, 2.24) is 0 Å². The van der Waals surface area contributed by atoms with Gasteiger partial charge in [0, 0.05) is 22.2 Å². The number of benzene rings is 2. The van der Waals surface area contributed by atoms with Crippen molar-refractivity contribution in [2.75, 3.05) is 6.54 Å². The summed E-state index contributed by atoms with van der Waals surface area (Å²) < 4.78 is 42.0. The summed E-state index contributed by atoms with van der Waals surface area (Å²) in [6.45, 7) is -0.483. The molecule has 2 aromatic carbocycles. The van der Waals surface area contributed by atoms with E-state index >= 15 is 0 Å². The molecule has 0 amide bonds. The molecule has 0 spiro atoms. The summed E-state index contributed by atoms with van der Waals surface area (Å²) in [7, 11) is 0.